The van der Waals surface area contributed by atoms with Gasteiger partial charge in [0, 0.05) is 18.5 Å². The molecule has 0 fully saturated rings. The highest BCUT2D eigenvalue weighted by Gasteiger charge is 1.98. The fourth-order valence-corrected chi connectivity index (χ4v) is 0.877. The number of aromatic amines is 1. The first kappa shape index (κ1) is 3.53. The molecule has 0 bridgehead atoms. The van der Waals surface area contributed by atoms with Gasteiger partial charge in [0.1, 0.15) is 0 Å². The van der Waals surface area contributed by atoms with Crippen LogP contribution in [0.5, 0.6) is 0 Å². The predicted molar refractivity (Wildman–Crippen MR) is 43.4 cm³/mol. The summed E-state index contributed by atoms with van der Waals surface area (Å²) < 4.78 is 30.7. The third-order valence-corrected chi connectivity index (χ3v) is 1.40. The number of hydrogen-bond acceptors (Lipinski definition) is 2. The molecule has 1 N–H and O–H groups in total. The van der Waals surface area contributed by atoms with E-state index >= 15 is 0 Å². The van der Waals surface area contributed by atoms with Crippen molar-refractivity contribution in [2.24, 2.45) is 0 Å². The molecule has 4 nitrogen and oxygen atoms in total. The molecule has 0 saturated heterocycles. The zero-order valence-electron chi connectivity index (χ0n) is 9.22. The summed E-state index contributed by atoms with van der Waals surface area (Å²) in [6.07, 6.45) is -0.506. The average molecular weight is 217 g/mol. The van der Waals surface area contributed by atoms with E-state index in [2.05, 4.69) is 31.0 Å². The Morgan fingerprint density at radius 1 is 1.73 bits per heavy atom. The first-order valence-corrected chi connectivity index (χ1v) is 3.55. The number of H-pyrrole nitrogens is 1. The highest BCUT2D eigenvalue weighted by atomic mass is 79.9. The summed E-state index contributed by atoms with van der Waals surface area (Å²) in [5.74, 6) is 0.0919. The lowest BCUT2D eigenvalue weighted by atomic mass is 10.7. The molecule has 0 unspecified atom stereocenters. The van der Waals surface area contributed by atoms with Crippen LogP contribution in [0.3, 0.4) is 0 Å². The molecule has 2 aromatic heterocycles. The molecule has 5 heteroatoms. The van der Waals surface area contributed by atoms with Crippen molar-refractivity contribution < 1.29 is 5.48 Å². The van der Waals surface area contributed by atoms with Crippen LogP contribution in [-0.2, 0) is 0 Å². The van der Waals surface area contributed by atoms with Crippen LogP contribution in [-0.4, -0.2) is 19.7 Å². The molecular formula is C6H5BrN4. The maximum Gasteiger partial charge on any atom is 0.227 e. The lowest BCUT2D eigenvalue weighted by Crippen LogP contribution is -1.95. The summed E-state index contributed by atoms with van der Waals surface area (Å²) in [7, 11) is 0. The van der Waals surface area contributed by atoms with Crippen molar-refractivity contribution in [3.8, 4) is 5.95 Å². The van der Waals surface area contributed by atoms with Crippen LogP contribution < -0.4 is 0 Å². The van der Waals surface area contributed by atoms with Gasteiger partial charge < -0.3 is 4.98 Å². The molecule has 0 amide bonds. The van der Waals surface area contributed by atoms with Crippen molar-refractivity contribution in [3.63, 3.8) is 0 Å². The molecule has 0 aliphatic heterocycles. The Labute approximate surface area is 77.0 Å². The standard InChI is InChI=1S/C6H5BrN4/c7-5-3-10-11(4-5)6-8-1-2-9-6/h1-4H,(H,8,9)/i1D,2D,3D,4D. The molecule has 0 aromatic carbocycles. The van der Waals surface area contributed by atoms with Crippen molar-refractivity contribution >= 4 is 15.9 Å². The summed E-state index contributed by atoms with van der Waals surface area (Å²) in [6.45, 7) is 0. The molecule has 0 saturated carbocycles. The Balaban J connectivity index is 2.59. The van der Waals surface area contributed by atoms with Crippen molar-refractivity contribution in [2.45, 2.75) is 0 Å². The molecule has 0 aliphatic rings. The Hall–Kier alpha value is -1.10. The monoisotopic (exact) mass is 216 g/mol. The van der Waals surface area contributed by atoms with Crippen molar-refractivity contribution in [1.82, 2.24) is 19.7 Å². The zero-order chi connectivity index (χ0) is 11.2. The largest absolute Gasteiger partial charge is 0.329 e. The smallest absolute Gasteiger partial charge is 0.227 e. The summed E-state index contributed by atoms with van der Waals surface area (Å²) in [5, 5.41) is 3.72. The van der Waals surface area contributed by atoms with E-state index in [9.17, 15) is 0 Å². The number of imidazole rings is 1. The van der Waals surface area contributed by atoms with Crippen LogP contribution in [0.4, 0.5) is 0 Å². The van der Waals surface area contributed by atoms with Gasteiger partial charge in [-0.15, -0.1) is 0 Å². The number of rotatable bonds is 1. The molecule has 0 aliphatic carbocycles. The van der Waals surface area contributed by atoms with Gasteiger partial charge in [0.2, 0.25) is 5.95 Å². The molecule has 0 atom stereocenters. The second-order valence-electron chi connectivity index (χ2n) is 1.75. The van der Waals surface area contributed by atoms with E-state index in [1.54, 1.807) is 0 Å². The van der Waals surface area contributed by atoms with Crippen LogP contribution >= 0.6 is 15.9 Å². The van der Waals surface area contributed by atoms with E-state index in [1.807, 2.05) is 0 Å². The quantitative estimate of drug-likeness (QED) is 0.783. The number of aromatic nitrogens is 4. The van der Waals surface area contributed by atoms with Gasteiger partial charge in [-0.2, -0.15) is 5.10 Å². The fraction of sp³-hybridized carbons (Fsp3) is 0. The minimum atomic E-state index is -0.220. The van der Waals surface area contributed by atoms with E-state index in [0.29, 0.717) is 0 Å². The number of nitrogens with one attached hydrogen (secondary N) is 1. The molecule has 2 aromatic rings. The number of hydrogen-bond donors (Lipinski definition) is 1. The van der Waals surface area contributed by atoms with Crippen molar-refractivity contribution in [2.75, 3.05) is 0 Å². The molecular weight excluding hydrogens is 208 g/mol. The lowest BCUT2D eigenvalue weighted by molar-refractivity contribution is 0.825. The maximum atomic E-state index is 7.58. The summed E-state index contributed by atoms with van der Waals surface area (Å²) in [5.41, 5.74) is 0. The topological polar surface area (TPSA) is 46.5 Å². The predicted octanol–water partition coefficient (Wildman–Crippen LogP) is 1.36. The van der Waals surface area contributed by atoms with E-state index in [1.165, 1.54) is 0 Å². The fourth-order valence-electron chi connectivity index (χ4n) is 0.630. The van der Waals surface area contributed by atoms with Gasteiger partial charge in [-0.1, -0.05) is 0 Å². The Morgan fingerprint density at radius 2 is 2.64 bits per heavy atom. The lowest BCUT2D eigenvalue weighted by Gasteiger charge is -1.91. The van der Waals surface area contributed by atoms with Gasteiger partial charge in [0.05, 0.1) is 16.1 Å². The molecule has 0 spiro atoms. The van der Waals surface area contributed by atoms with Gasteiger partial charge in [-0.25, -0.2) is 9.67 Å². The van der Waals surface area contributed by atoms with Gasteiger partial charge >= 0.3 is 0 Å². The normalized spacial score (nSPS) is 15.4. The van der Waals surface area contributed by atoms with Gasteiger partial charge in [0.25, 0.3) is 0 Å². The SMILES string of the molecule is [2H]c1nc(-n2nc([2H])c(Br)c2[2H])[nH]c1[2H]. The molecule has 2 heterocycles. The third-order valence-electron chi connectivity index (χ3n) is 1.04. The van der Waals surface area contributed by atoms with Crippen LogP contribution in [0.1, 0.15) is 5.48 Å². The van der Waals surface area contributed by atoms with E-state index in [0.717, 1.165) is 4.68 Å². The van der Waals surface area contributed by atoms with Crippen LogP contribution in [0, 0.1) is 0 Å². The van der Waals surface area contributed by atoms with Gasteiger partial charge in [0.15, 0.2) is 0 Å². The Morgan fingerprint density at radius 3 is 3.18 bits per heavy atom. The number of halogens is 1. The first-order chi connectivity index (χ1) is 7.00. The average Bonchev–Trinajstić information content (AvgIpc) is 2.63. The first-order valence-electron chi connectivity index (χ1n) is 4.76. The second kappa shape index (κ2) is 2.50. The molecule has 0 radical (unpaired) electrons. The molecule has 56 valence electrons. The minimum absolute atomic E-state index is 0.0475. The van der Waals surface area contributed by atoms with Gasteiger partial charge in [-0.3, -0.25) is 0 Å². The van der Waals surface area contributed by atoms with Crippen LogP contribution in [0.25, 0.3) is 5.95 Å². The van der Waals surface area contributed by atoms with Crippen LogP contribution in [0.2, 0.25) is 0 Å². The summed E-state index contributed by atoms with van der Waals surface area (Å²) >= 11 is 3.03. The van der Waals surface area contributed by atoms with E-state index < -0.39 is 0 Å². The van der Waals surface area contributed by atoms with Crippen LogP contribution in [0.15, 0.2) is 29.2 Å². The van der Waals surface area contributed by atoms with E-state index in [-0.39, 0.29) is 35.1 Å². The number of nitrogens with zero attached hydrogens (tertiary/aromatic N) is 3. The highest BCUT2D eigenvalue weighted by molar-refractivity contribution is 9.10. The van der Waals surface area contributed by atoms with E-state index in [4.69, 9.17) is 5.48 Å². The van der Waals surface area contributed by atoms with Crippen molar-refractivity contribution in [3.05, 3.63) is 29.2 Å². The summed E-state index contributed by atoms with van der Waals surface area (Å²) in [4.78, 5) is 6.18. The summed E-state index contributed by atoms with van der Waals surface area (Å²) in [6, 6.07) is 0. The molecule has 11 heavy (non-hydrogen) atoms. The van der Waals surface area contributed by atoms with Crippen molar-refractivity contribution in [1.29, 1.82) is 0 Å². The second-order valence-corrected chi connectivity index (χ2v) is 2.54. The zero-order valence-corrected chi connectivity index (χ0v) is 6.81. The maximum absolute atomic E-state index is 7.58. The Kier molecular flexibility index (Phi) is 0.803. The highest BCUT2D eigenvalue weighted by Crippen LogP contribution is 2.08. The van der Waals surface area contributed by atoms with Gasteiger partial charge in [-0.05, 0) is 15.9 Å². The minimum Gasteiger partial charge on any atom is -0.329 e. The third kappa shape index (κ3) is 1.19. The molecule has 2 rings (SSSR count). The Bertz CT molecular complexity index is 500.